The van der Waals surface area contributed by atoms with Crippen LogP contribution in [0.25, 0.3) is 0 Å². The largest absolute Gasteiger partial charge is 0.335 e. The molecule has 0 radical (unpaired) electrons. The summed E-state index contributed by atoms with van der Waals surface area (Å²) in [5, 5.41) is 8.27. The first-order valence-corrected chi connectivity index (χ1v) is 6.60. The van der Waals surface area contributed by atoms with E-state index in [0.29, 0.717) is 17.1 Å². The van der Waals surface area contributed by atoms with Gasteiger partial charge >= 0.3 is 6.03 Å². The SMILES string of the molecule is CC1CCCCC1NC(=O)Nc1nccs1. The van der Waals surface area contributed by atoms with Crippen LogP contribution in [0, 0.1) is 5.92 Å². The topological polar surface area (TPSA) is 54.0 Å². The Morgan fingerprint density at radius 2 is 2.31 bits per heavy atom. The fourth-order valence-electron chi connectivity index (χ4n) is 2.12. The van der Waals surface area contributed by atoms with Crippen molar-refractivity contribution in [3.8, 4) is 0 Å². The van der Waals surface area contributed by atoms with Crippen LogP contribution in [0.5, 0.6) is 0 Å². The maximum absolute atomic E-state index is 11.7. The zero-order valence-corrected chi connectivity index (χ0v) is 10.2. The lowest BCUT2D eigenvalue weighted by atomic mass is 9.86. The molecule has 0 spiro atoms. The zero-order chi connectivity index (χ0) is 11.4. The lowest BCUT2D eigenvalue weighted by Gasteiger charge is -2.29. The first-order chi connectivity index (χ1) is 7.75. The van der Waals surface area contributed by atoms with E-state index in [9.17, 15) is 4.79 Å². The molecule has 0 aliphatic heterocycles. The fourth-order valence-corrected chi connectivity index (χ4v) is 2.64. The van der Waals surface area contributed by atoms with E-state index in [4.69, 9.17) is 0 Å². The van der Waals surface area contributed by atoms with Crippen LogP contribution in [0.3, 0.4) is 0 Å². The highest BCUT2D eigenvalue weighted by Crippen LogP contribution is 2.23. The van der Waals surface area contributed by atoms with Gasteiger partial charge in [0.25, 0.3) is 0 Å². The minimum atomic E-state index is -0.131. The highest BCUT2D eigenvalue weighted by atomic mass is 32.1. The number of hydrogen-bond acceptors (Lipinski definition) is 3. The molecule has 1 saturated carbocycles. The van der Waals surface area contributed by atoms with Crippen molar-refractivity contribution in [3.63, 3.8) is 0 Å². The van der Waals surface area contributed by atoms with Crippen LogP contribution in [-0.2, 0) is 0 Å². The quantitative estimate of drug-likeness (QED) is 0.833. The second kappa shape index (κ2) is 5.30. The zero-order valence-electron chi connectivity index (χ0n) is 9.40. The van der Waals surface area contributed by atoms with Crippen molar-refractivity contribution in [2.24, 2.45) is 5.92 Å². The monoisotopic (exact) mass is 239 g/mol. The van der Waals surface area contributed by atoms with Crippen LogP contribution in [0.2, 0.25) is 0 Å². The number of amides is 2. The molecule has 2 unspecified atom stereocenters. The van der Waals surface area contributed by atoms with Crippen molar-refractivity contribution in [2.75, 3.05) is 5.32 Å². The summed E-state index contributed by atoms with van der Waals surface area (Å²) in [6.07, 6.45) is 6.48. The highest BCUT2D eigenvalue weighted by molar-refractivity contribution is 7.13. The average Bonchev–Trinajstić information content (AvgIpc) is 2.74. The van der Waals surface area contributed by atoms with E-state index in [1.165, 1.54) is 30.6 Å². The Bertz CT molecular complexity index is 339. The molecule has 1 aliphatic rings. The molecule has 1 aromatic rings. The molecule has 0 saturated heterocycles. The molecule has 1 aromatic heterocycles. The molecule has 16 heavy (non-hydrogen) atoms. The van der Waals surface area contributed by atoms with Crippen LogP contribution >= 0.6 is 11.3 Å². The molecule has 0 bridgehead atoms. The molecule has 2 amide bonds. The van der Waals surface area contributed by atoms with Crippen LogP contribution < -0.4 is 10.6 Å². The van der Waals surface area contributed by atoms with Crippen molar-refractivity contribution in [3.05, 3.63) is 11.6 Å². The minimum Gasteiger partial charge on any atom is -0.335 e. The van der Waals surface area contributed by atoms with E-state index >= 15 is 0 Å². The summed E-state index contributed by atoms with van der Waals surface area (Å²) < 4.78 is 0. The van der Waals surface area contributed by atoms with E-state index in [1.807, 2.05) is 5.38 Å². The third-order valence-electron chi connectivity index (χ3n) is 3.08. The molecule has 2 N–H and O–H groups in total. The number of rotatable bonds is 2. The summed E-state index contributed by atoms with van der Waals surface area (Å²) in [6, 6.07) is 0.183. The van der Waals surface area contributed by atoms with E-state index < -0.39 is 0 Å². The van der Waals surface area contributed by atoms with Gasteiger partial charge in [0.05, 0.1) is 0 Å². The van der Waals surface area contributed by atoms with Crippen molar-refractivity contribution in [1.29, 1.82) is 0 Å². The summed E-state index contributed by atoms with van der Waals surface area (Å²) in [6.45, 7) is 2.20. The number of carbonyl (C=O) groups is 1. The molecule has 2 rings (SSSR count). The highest BCUT2D eigenvalue weighted by Gasteiger charge is 2.22. The molecule has 1 heterocycles. The normalized spacial score (nSPS) is 25.1. The number of nitrogens with zero attached hydrogens (tertiary/aromatic N) is 1. The van der Waals surface area contributed by atoms with Crippen LogP contribution in [0.4, 0.5) is 9.93 Å². The van der Waals surface area contributed by atoms with Gasteiger partial charge in [-0.1, -0.05) is 19.8 Å². The predicted octanol–water partition coefficient (Wildman–Crippen LogP) is 2.84. The third-order valence-corrected chi connectivity index (χ3v) is 3.77. The molecule has 2 atom stereocenters. The first-order valence-electron chi connectivity index (χ1n) is 5.72. The van der Waals surface area contributed by atoms with Crippen molar-refractivity contribution in [1.82, 2.24) is 10.3 Å². The number of carbonyl (C=O) groups excluding carboxylic acids is 1. The molecule has 5 heteroatoms. The van der Waals surface area contributed by atoms with Gasteiger partial charge in [0, 0.05) is 17.6 Å². The molecule has 0 aromatic carbocycles. The average molecular weight is 239 g/mol. The number of aromatic nitrogens is 1. The van der Waals surface area contributed by atoms with E-state index in [2.05, 4.69) is 22.5 Å². The predicted molar refractivity (Wildman–Crippen MR) is 65.7 cm³/mol. The van der Waals surface area contributed by atoms with Gasteiger partial charge in [-0.2, -0.15) is 0 Å². The lowest BCUT2D eigenvalue weighted by molar-refractivity contribution is 0.232. The fraction of sp³-hybridized carbons (Fsp3) is 0.636. The summed E-state index contributed by atoms with van der Waals surface area (Å²) in [5.74, 6) is 0.579. The number of anilines is 1. The maximum Gasteiger partial charge on any atom is 0.321 e. The van der Waals surface area contributed by atoms with Crippen molar-refractivity contribution in [2.45, 2.75) is 38.6 Å². The second-order valence-electron chi connectivity index (χ2n) is 4.30. The summed E-state index contributed by atoms with van der Waals surface area (Å²) >= 11 is 1.43. The summed E-state index contributed by atoms with van der Waals surface area (Å²) in [7, 11) is 0. The molecule has 1 fully saturated rings. The molecular formula is C11H17N3OS. The Hall–Kier alpha value is -1.10. The van der Waals surface area contributed by atoms with Gasteiger partial charge in [0.2, 0.25) is 0 Å². The van der Waals surface area contributed by atoms with E-state index in [0.717, 1.165) is 6.42 Å². The Morgan fingerprint density at radius 1 is 1.50 bits per heavy atom. The van der Waals surface area contributed by atoms with Crippen LogP contribution in [0.15, 0.2) is 11.6 Å². The molecule has 1 aliphatic carbocycles. The maximum atomic E-state index is 11.7. The second-order valence-corrected chi connectivity index (χ2v) is 5.20. The van der Waals surface area contributed by atoms with Gasteiger partial charge in [-0.15, -0.1) is 11.3 Å². The van der Waals surface area contributed by atoms with Gasteiger partial charge in [-0.3, -0.25) is 5.32 Å². The van der Waals surface area contributed by atoms with Gasteiger partial charge in [-0.25, -0.2) is 9.78 Å². The number of nitrogens with one attached hydrogen (secondary N) is 2. The Labute approximate surface area is 99.5 Å². The summed E-state index contributed by atoms with van der Waals surface area (Å²) in [5.41, 5.74) is 0. The Morgan fingerprint density at radius 3 is 3.00 bits per heavy atom. The van der Waals surface area contributed by atoms with Crippen molar-refractivity contribution >= 4 is 22.5 Å². The molecule has 4 nitrogen and oxygen atoms in total. The van der Waals surface area contributed by atoms with Crippen LogP contribution in [-0.4, -0.2) is 17.1 Å². The van der Waals surface area contributed by atoms with E-state index in [1.54, 1.807) is 6.20 Å². The third kappa shape index (κ3) is 2.95. The van der Waals surface area contributed by atoms with Gasteiger partial charge < -0.3 is 5.32 Å². The standard InChI is InChI=1S/C11H17N3OS/c1-8-4-2-3-5-9(8)13-10(15)14-11-12-6-7-16-11/h6-9H,2-5H2,1H3,(H2,12,13,14,15). The smallest absolute Gasteiger partial charge is 0.321 e. The summed E-state index contributed by atoms with van der Waals surface area (Å²) in [4.78, 5) is 15.7. The molecular weight excluding hydrogens is 222 g/mol. The number of thiazole rings is 1. The number of urea groups is 1. The Kier molecular flexibility index (Phi) is 3.77. The first kappa shape index (κ1) is 11.4. The van der Waals surface area contributed by atoms with Gasteiger partial charge in [0.15, 0.2) is 5.13 Å². The van der Waals surface area contributed by atoms with Crippen molar-refractivity contribution < 1.29 is 4.79 Å². The van der Waals surface area contributed by atoms with Gasteiger partial charge in [0.1, 0.15) is 0 Å². The van der Waals surface area contributed by atoms with E-state index in [-0.39, 0.29) is 6.03 Å². The molecule has 88 valence electrons. The lowest BCUT2D eigenvalue weighted by Crippen LogP contribution is -2.43. The Balaban J connectivity index is 1.82. The van der Waals surface area contributed by atoms with Crippen LogP contribution in [0.1, 0.15) is 32.6 Å². The van der Waals surface area contributed by atoms with Gasteiger partial charge in [-0.05, 0) is 18.8 Å². The minimum absolute atomic E-state index is 0.131. The number of hydrogen-bond donors (Lipinski definition) is 2.